The number of pyridine rings is 1. The first kappa shape index (κ1) is 17.8. The summed E-state index contributed by atoms with van der Waals surface area (Å²) in [6.45, 7) is 2.05. The minimum Gasteiger partial charge on any atom is -0.496 e. The average Bonchev–Trinajstić information content (AvgIpc) is 3.15. The number of carbonyl (C=O) groups excluding carboxylic acids is 1. The van der Waals surface area contributed by atoms with Gasteiger partial charge in [0.05, 0.1) is 19.2 Å². The molecule has 2 heterocycles. The Labute approximate surface area is 163 Å². The van der Waals surface area contributed by atoms with Gasteiger partial charge in [-0.25, -0.2) is 4.98 Å². The molecule has 1 N–H and O–H groups in total. The minimum atomic E-state index is -0.0828. The number of fused-ring (bicyclic) bond motifs is 1. The fraction of sp³-hybridized carbons (Fsp3) is 0.130. The van der Waals surface area contributed by atoms with E-state index >= 15 is 0 Å². The van der Waals surface area contributed by atoms with Crippen LogP contribution in [0.4, 0.5) is 5.69 Å². The van der Waals surface area contributed by atoms with E-state index in [-0.39, 0.29) is 12.3 Å². The second kappa shape index (κ2) is 7.56. The van der Waals surface area contributed by atoms with Crippen molar-refractivity contribution in [1.29, 1.82) is 0 Å². The predicted molar refractivity (Wildman–Crippen MR) is 111 cm³/mol. The van der Waals surface area contributed by atoms with Crippen LogP contribution in [0.5, 0.6) is 5.75 Å². The summed E-state index contributed by atoms with van der Waals surface area (Å²) in [6, 6.07) is 19.3. The van der Waals surface area contributed by atoms with Crippen LogP contribution in [0.3, 0.4) is 0 Å². The van der Waals surface area contributed by atoms with Gasteiger partial charge in [-0.1, -0.05) is 36.4 Å². The topological polar surface area (TPSA) is 55.6 Å². The van der Waals surface area contributed by atoms with Crippen molar-refractivity contribution in [2.24, 2.45) is 0 Å². The van der Waals surface area contributed by atoms with Gasteiger partial charge in [-0.05, 0) is 36.8 Å². The molecule has 5 nitrogen and oxygen atoms in total. The number of hydrogen-bond donors (Lipinski definition) is 1. The van der Waals surface area contributed by atoms with Crippen molar-refractivity contribution in [3.63, 3.8) is 0 Å². The zero-order chi connectivity index (χ0) is 19.5. The quantitative estimate of drug-likeness (QED) is 0.562. The van der Waals surface area contributed by atoms with Crippen LogP contribution < -0.4 is 10.1 Å². The maximum Gasteiger partial charge on any atom is 0.228 e. The van der Waals surface area contributed by atoms with Crippen molar-refractivity contribution >= 4 is 17.2 Å². The molecule has 0 aliphatic rings. The van der Waals surface area contributed by atoms with Crippen LogP contribution in [0, 0.1) is 6.92 Å². The molecule has 2 aromatic carbocycles. The standard InChI is InChI=1S/C23H21N3O2/c1-16-6-5-13-26-15-20(25-23(16)26)17-9-11-19(12-10-17)24-22(27)14-18-7-3-4-8-21(18)28-2/h3-13,15H,14H2,1-2H3,(H,24,27). The molecule has 0 aliphatic carbocycles. The van der Waals surface area contributed by atoms with Gasteiger partial charge in [-0.2, -0.15) is 0 Å². The average molecular weight is 371 g/mol. The van der Waals surface area contributed by atoms with E-state index in [1.165, 1.54) is 0 Å². The largest absolute Gasteiger partial charge is 0.496 e. The third-order valence-electron chi connectivity index (χ3n) is 4.69. The Kier molecular flexibility index (Phi) is 4.81. The van der Waals surface area contributed by atoms with Gasteiger partial charge in [0, 0.05) is 29.2 Å². The molecule has 0 spiro atoms. The van der Waals surface area contributed by atoms with Crippen LogP contribution in [0.2, 0.25) is 0 Å². The highest BCUT2D eigenvalue weighted by molar-refractivity contribution is 5.92. The Morgan fingerprint density at radius 2 is 1.86 bits per heavy atom. The van der Waals surface area contributed by atoms with E-state index < -0.39 is 0 Å². The number of rotatable bonds is 5. The first-order valence-electron chi connectivity index (χ1n) is 9.10. The summed E-state index contributed by atoms with van der Waals surface area (Å²) in [5.74, 6) is 0.635. The number of imidazole rings is 1. The molecule has 5 heteroatoms. The molecule has 0 saturated heterocycles. The van der Waals surface area contributed by atoms with Gasteiger partial charge >= 0.3 is 0 Å². The number of ether oxygens (including phenoxy) is 1. The van der Waals surface area contributed by atoms with Crippen molar-refractivity contribution in [3.05, 3.63) is 84.2 Å². The van der Waals surface area contributed by atoms with E-state index in [9.17, 15) is 4.79 Å². The number of carbonyl (C=O) groups is 1. The highest BCUT2D eigenvalue weighted by Gasteiger charge is 2.10. The lowest BCUT2D eigenvalue weighted by molar-refractivity contribution is -0.115. The summed E-state index contributed by atoms with van der Waals surface area (Å²) >= 11 is 0. The Morgan fingerprint density at radius 1 is 1.07 bits per heavy atom. The van der Waals surface area contributed by atoms with Gasteiger partial charge in [0.15, 0.2) is 0 Å². The molecule has 140 valence electrons. The molecular weight excluding hydrogens is 350 g/mol. The van der Waals surface area contributed by atoms with Crippen LogP contribution in [0.1, 0.15) is 11.1 Å². The minimum absolute atomic E-state index is 0.0828. The van der Waals surface area contributed by atoms with Crippen molar-refractivity contribution in [3.8, 4) is 17.0 Å². The molecule has 0 unspecified atom stereocenters. The maximum absolute atomic E-state index is 12.4. The lowest BCUT2D eigenvalue weighted by Gasteiger charge is -2.09. The summed E-state index contributed by atoms with van der Waals surface area (Å²) in [4.78, 5) is 17.1. The molecule has 1 amide bonds. The number of benzene rings is 2. The molecular formula is C23H21N3O2. The van der Waals surface area contributed by atoms with E-state index in [1.807, 2.05) is 84.4 Å². The van der Waals surface area contributed by atoms with Crippen molar-refractivity contribution < 1.29 is 9.53 Å². The molecule has 4 rings (SSSR count). The van der Waals surface area contributed by atoms with E-state index in [1.54, 1.807) is 7.11 Å². The summed E-state index contributed by atoms with van der Waals surface area (Å²) < 4.78 is 7.33. The third-order valence-corrected chi connectivity index (χ3v) is 4.69. The summed E-state index contributed by atoms with van der Waals surface area (Å²) in [5.41, 5.74) is 5.61. The second-order valence-corrected chi connectivity index (χ2v) is 6.66. The molecule has 0 bridgehead atoms. The fourth-order valence-corrected chi connectivity index (χ4v) is 3.24. The molecule has 28 heavy (non-hydrogen) atoms. The SMILES string of the molecule is COc1ccccc1CC(=O)Nc1ccc(-c2cn3cccc(C)c3n2)cc1. The second-order valence-electron chi connectivity index (χ2n) is 6.66. The molecule has 0 saturated carbocycles. The number of anilines is 1. The first-order chi connectivity index (χ1) is 13.6. The third kappa shape index (κ3) is 3.60. The number of nitrogens with zero attached hydrogens (tertiary/aromatic N) is 2. The van der Waals surface area contributed by atoms with Gasteiger partial charge in [0.25, 0.3) is 0 Å². The van der Waals surface area contributed by atoms with Crippen LogP contribution in [0.15, 0.2) is 73.1 Å². The van der Waals surface area contributed by atoms with E-state index in [0.717, 1.165) is 39.5 Å². The van der Waals surface area contributed by atoms with Gasteiger partial charge in [-0.15, -0.1) is 0 Å². The van der Waals surface area contributed by atoms with Gasteiger partial charge in [-0.3, -0.25) is 4.79 Å². The Bertz CT molecular complexity index is 1130. The van der Waals surface area contributed by atoms with E-state index in [4.69, 9.17) is 9.72 Å². The molecule has 0 aliphatic heterocycles. The number of amides is 1. The van der Waals surface area contributed by atoms with Crippen LogP contribution in [0.25, 0.3) is 16.9 Å². The predicted octanol–water partition coefficient (Wildman–Crippen LogP) is 4.50. The number of hydrogen-bond acceptors (Lipinski definition) is 3. The monoisotopic (exact) mass is 371 g/mol. The number of para-hydroxylation sites is 1. The van der Waals surface area contributed by atoms with Crippen LogP contribution >= 0.6 is 0 Å². The number of aromatic nitrogens is 2. The highest BCUT2D eigenvalue weighted by atomic mass is 16.5. The number of methoxy groups -OCH3 is 1. The molecule has 0 radical (unpaired) electrons. The molecule has 0 atom stereocenters. The Morgan fingerprint density at radius 3 is 2.61 bits per heavy atom. The zero-order valence-electron chi connectivity index (χ0n) is 15.8. The van der Waals surface area contributed by atoms with Crippen molar-refractivity contribution in [2.75, 3.05) is 12.4 Å². The zero-order valence-corrected chi connectivity index (χ0v) is 15.8. The van der Waals surface area contributed by atoms with Crippen molar-refractivity contribution in [2.45, 2.75) is 13.3 Å². The van der Waals surface area contributed by atoms with Crippen LogP contribution in [-0.4, -0.2) is 22.4 Å². The van der Waals surface area contributed by atoms with Gasteiger partial charge < -0.3 is 14.5 Å². The van der Waals surface area contributed by atoms with Gasteiger partial charge in [0.1, 0.15) is 11.4 Å². The first-order valence-corrected chi connectivity index (χ1v) is 9.10. The molecule has 2 aromatic heterocycles. The molecule has 0 fully saturated rings. The Hall–Kier alpha value is -3.60. The smallest absolute Gasteiger partial charge is 0.228 e. The molecule has 4 aromatic rings. The van der Waals surface area contributed by atoms with E-state index in [2.05, 4.69) is 5.32 Å². The van der Waals surface area contributed by atoms with Gasteiger partial charge in [0.2, 0.25) is 5.91 Å². The fourth-order valence-electron chi connectivity index (χ4n) is 3.24. The van der Waals surface area contributed by atoms with E-state index in [0.29, 0.717) is 0 Å². The van der Waals surface area contributed by atoms with Crippen molar-refractivity contribution in [1.82, 2.24) is 9.38 Å². The highest BCUT2D eigenvalue weighted by Crippen LogP contribution is 2.23. The summed E-state index contributed by atoms with van der Waals surface area (Å²) in [7, 11) is 1.61. The lowest BCUT2D eigenvalue weighted by atomic mass is 10.1. The number of nitrogens with one attached hydrogen (secondary N) is 1. The maximum atomic E-state index is 12.4. The number of aryl methyl sites for hydroxylation is 1. The normalized spacial score (nSPS) is 10.8. The summed E-state index contributed by atoms with van der Waals surface area (Å²) in [6.07, 6.45) is 4.26. The lowest BCUT2D eigenvalue weighted by Crippen LogP contribution is -2.14. The van der Waals surface area contributed by atoms with Crippen LogP contribution in [-0.2, 0) is 11.2 Å². The Balaban J connectivity index is 1.48. The summed E-state index contributed by atoms with van der Waals surface area (Å²) in [5, 5.41) is 2.94.